The third kappa shape index (κ3) is 4.92. The fourth-order valence-corrected chi connectivity index (χ4v) is 4.32. The zero-order chi connectivity index (χ0) is 26.1. The van der Waals surface area contributed by atoms with E-state index in [9.17, 15) is 23.5 Å². The van der Waals surface area contributed by atoms with Crippen molar-refractivity contribution in [2.45, 2.75) is 25.8 Å². The number of anilines is 1. The maximum absolute atomic E-state index is 14.8. The van der Waals surface area contributed by atoms with Gasteiger partial charge in [0.05, 0.1) is 5.69 Å². The number of aromatic nitrogens is 3. The molecule has 3 heterocycles. The number of hydrogen-bond donors (Lipinski definition) is 2. The molecule has 1 aliphatic heterocycles. The summed E-state index contributed by atoms with van der Waals surface area (Å²) in [5, 5.41) is 16.8. The number of aryl methyl sites for hydroxylation is 1. The highest BCUT2D eigenvalue weighted by molar-refractivity contribution is 5.76. The molecule has 0 aliphatic carbocycles. The van der Waals surface area contributed by atoms with Gasteiger partial charge >= 0.3 is 6.09 Å². The average Bonchev–Trinajstić information content (AvgIpc) is 3.28. The van der Waals surface area contributed by atoms with Gasteiger partial charge in [-0.2, -0.15) is 14.8 Å². The van der Waals surface area contributed by atoms with Crippen molar-refractivity contribution in [2.75, 3.05) is 18.4 Å². The second kappa shape index (κ2) is 9.84. The Balaban J connectivity index is 1.56. The maximum atomic E-state index is 14.8. The molecule has 5 rings (SSSR count). The number of piperidine rings is 1. The second-order valence-corrected chi connectivity index (χ2v) is 8.76. The zero-order valence-corrected chi connectivity index (χ0v) is 19.8. The first-order chi connectivity index (χ1) is 17.8. The van der Waals surface area contributed by atoms with Crippen LogP contribution in [-0.2, 0) is 0 Å². The number of oxazole rings is 1. The van der Waals surface area contributed by atoms with Crippen molar-refractivity contribution in [3.8, 4) is 28.4 Å². The highest BCUT2D eigenvalue weighted by Gasteiger charge is 2.26. The number of nitrogens with zero attached hydrogens (tertiary/aromatic N) is 4. The summed E-state index contributed by atoms with van der Waals surface area (Å²) < 4.78 is 35.6. The fourth-order valence-electron chi connectivity index (χ4n) is 4.32. The van der Waals surface area contributed by atoms with Gasteiger partial charge in [0, 0.05) is 36.8 Å². The van der Waals surface area contributed by atoms with Gasteiger partial charge < -0.3 is 19.7 Å². The molecule has 1 aliphatic rings. The van der Waals surface area contributed by atoms with Gasteiger partial charge in [-0.1, -0.05) is 18.2 Å². The molecular formula is C26H23F2N5O4. The van der Waals surface area contributed by atoms with E-state index in [1.165, 1.54) is 27.8 Å². The first-order valence-electron chi connectivity index (χ1n) is 11.7. The average molecular weight is 507 g/mol. The van der Waals surface area contributed by atoms with Crippen LogP contribution in [-0.4, -0.2) is 50.0 Å². The Morgan fingerprint density at radius 1 is 1.11 bits per heavy atom. The molecule has 0 atom stereocenters. The van der Waals surface area contributed by atoms with E-state index < -0.39 is 17.7 Å². The molecule has 1 fully saturated rings. The van der Waals surface area contributed by atoms with Crippen LogP contribution < -0.4 is 10.9 Å². The molecule has 1 saturated heterocycles. The number of rotatable bonds is 5. The van der Waals surface area contributed by atoms with Gasteiger partial charge in [-0.3, -0.25) is 4.79 Å². The molecule has 9 nitrogen and oxygen atoms in total. The van der Waals surface area contributed by atoms with Gasteiger partial charge in [-0.25, -0.2) is 13.6 Å². The number of benzene rings is 2. The summed E-state index contributed by atoms with van der Waals surface area (Å²) in [5.74, 6) is -1.47. The molecule has 0 radical (unpaired) electrons. The summed E-state index contributed by atoms with van der Waals surface area (Å²) in [7, 11) is 0. The monoisotopic (exact) mass is 507 g/mol. The lowest BCUT2D eigenvalue weighted by Gasteiger charge is -2.29. The Labute approximate surface area is 210 Å². The Morgan fingerprint density at radius 2 is 1.86 bits per heavy atom. The summed E-state index contributed by atoms with van der Waals surface area (Å²) in [6.45, 7) is 2.55. The lowest BCUT2D eigenvalue weighted by atomic mass is 10.1. The largest absolute Gasteiger partial charge is 0.465 e. The van der Waals surface area contributed by atoms with Crippen LogP contribution in [0.5, 0.6) is 0 Å². The van der Waals surface area contributed by atoms with Gasteiger partial charge in [0.2, 0.25) is 0 Å². The van der Waals surface area contributed by atoms with E-state index in [1.54, 1.807) is 12.1 Å². The topological polar surface area (TPSA) is 113 Å². The SMILES string of the molecule is Cc1ccccc1-n1nc(-c2oc(NC3CCN(C(=O)O)CC3)nc2-c2ccc(F)cc2F)ccc1=O. The minimum Gasteiger partial charge on any atom is -0.465 e. The first-order valence-corrected chi connectivity index (χ1v) is 11.7. The van der Waals surface area contributed by atoms with Gasteiger partial charge in [-0.15, -0.1) is 0 Å². The van der Waals surface area contributed by atoms with Crippen LogP contribution in [0.4, 0.5) is 19.6 Å². The minimum atomic E-state index is -0.971. The first kappa shape index (κ1) is 24.2. The highest BCUT2D eigenvalue weighted by atomic mass is 19.1. The predicted octanol–water partition coefficient (Wildman–Crippen LogP) is 4.70. The summed E-state index contributed by atoms with van der Waals surface area (Å²) in [6, 6.07) is 13.1. The van der Waals surface area contributed by atoms with E-state index in [1.807, 2.05) is 19.1 Å². The quantitative estimate of drug-likeness (QED) is 0.403. The molecular weight excluding hydrogens is 484 g/mol. The number of halogens is 2. The zero-order valence-electron chi connectivity index (χ0n) is 19.8. The van der Waals surface area contributed by atoms with E-state index in [-0.39, 0.29) is 40.3 Å². The molecule has 2 aromatic carbocycles. The Morgan fingerprint density at radius 3 is 2.57 bits per heavy atom. The number of nitrogens with one attached hydrogen (secondary N) is 1. The molecule has 11 heteroatoms. The van der Waals surface area contributed by atoms with Gasteiger partial charge in [-0.05, 0) is 49.6 Å². The molecule has 0 saturated carbocycles. The van der Waals surface area contributed by atoms with Crippen LogP contribution >= 0.6 is 0 Å². The van der Waals surface area contributed by atoms with Crippen molar-refractivity contribution in [1.82, 2.24) is 19.7 Å². The third-order valence-electron chi connectivity index (χ3n) is 6.28. The molecule has 2 N–H and O–H groups in total. The highest BCUT2D eigenvalue weighted by Crippen LogP contribution is 2.35. The third-order valence-corrected chi connectivity index (χ3v) is 6.28. The number of carbonyl (C=O) groups is 1. The van der Waals surface area contributed by atoms with Crippen LogP contribution in [0.15, 0.2) is 63.8 Å². The normalized spacial score (nSPS) is 14.1. The Hall–Kier alpha value is -4.54. The Kier molecular flexibility index (Phi) is 6.43. The van der Waals surface area contributed by atoms with Crippen molar-refractivity contribution < 1.29 is 23.1 Å². The van der Waals surface area contributed by atoms with Crippen molar-refractivity contribution in [3.63, 3.8) is 0 Å². The second-order valence-electron chi connectivity index (χ2n) is 8.76. The van der Waals surface area contributed by atoms with Crippen LogP contribution in [0.25, 0.3) is 28.4 Å². The van der Waals surface area contributed by atoms with Crippen LogP contribution in [0, 0.1) is 18.6 Å². The molecule has 190 valence electrons. The smallest absolute Gasteiger partial charge is 0.407 e. The van der Waals surface area contributed by atoms with E-state index in [0.717, 1.165) is 17.7 Å². The van der Waals surface area contributed by atoms with Gasteiger partial charge in [0.25, 0.3) is 11.6 Å². The maximum Gasteiger partial charge on any atom is 0.407 e. The van der Waals surface area contributed by atoms with Crippen molar-refractivity contribution in [1.29, 1.82) is 0 Å². The lowest BCUT2D eigenvalue weighted by molar-refractivity contribution is 0.133. The van der Waals surface area contributed by atoms with Crippen LogP contribution in [0.3, 0.4) is 0 Å². The molecule has 4 aromatic rings. The predicted molar refractivity (Wildman–Crippen MR) is 132 cm³/mol. The van der Waals surface area contributed by atoms with Gasteiger partial charge in [0.1, 0.15) is 23.0 Å². The fraction of sp³-hybridized carbons (Fsp3) is 0.231. The molecule has 1 amide bonds. The lowest BCUT2D eigenvalue weighted by Crippen LogP contribution is -2.41. The molecule has 0 bridgehead atoms. The Bertz CT molecular complexity index is 1530. The molecule has 2 aromatic heterocycles. The molecule has 0 unspecified atom stereocenters. The van der Waals surface area contributed by atoms with Gasteiger partial charge in [0.15, 0.2) is 5.76 Å². The van der Waals surface area contributed by atoms with Crippen molar-refractivity contribution >= 4 is 12.1 Å². The van der Waals surface area contributed by atoms with E-state index in [4.69, 9.17) is 4.42 Å². The number of hydrogen-bond acceptors (Lipinski definition) is 6. The van der Waals surface area contributed by atoms with E-state index in [2.05, 4.69) is 15.4 Å². The van der Waals surface area contributed by atoms with Crippen LogP contribution in [0.2, 0.25) is 0 Å². The number of likely N-dealkylation sites (tertiary alicyclic amines) is 1. The van der Waals surface area contributed by atoms with Crippen molar-refractivity contribution in [3.05, 3.63) is 82.1 Å². The number of carboxylic acid groups (broad SMARTS) is 1. The molecule has 37 heavy (non-hydrogen) atoms. The van der Waals surface area contributed by atoms with Crippen LogP contribution in [0.1, 0.15) is 18.4 Å². The molecule has 0 spiro atoms. The summed E-state index contributed by atoms with van der Waals surface area (Å²) in [6.07, 6.45) is 0.0854. The summed E-state index contributed by atoms with van der Waals surface area (Å²) >= 11 is 0. The van der Waals surface area contributed by atoms with E-state index >= 15 is 0 Å². The number of para-hydroxylation sites is 1. The summed E-state index contributed by atoms with van der Waals surface area (Å²) in [4.78, 5) is 29.6. The van der Waals surface area contributed by atoms with E-state index in [0.29, 0.717) is 31.6 Å². The summed E-state index contributed by atoms with van der Waals surface area (Å²) in [5.41, 5.74) is 1.35. The minimum absolute atomic E-state index is 0.00402. The standard InChI is InChI=1S/C26H23F2N5O4/c1-15-4-2-3-5-21(15)33-22(34)9-8-20(31-33)24-23(18-7-6-16(27)14-19(18)28)30-25(37-24)29-17-10-12-32(13-11-17)26(35)36/h2-9,14,17H,10-13H2,1H3,(H,29,30)(H,35,36). The number of amides is 1. The van der Waals surface area contributed by atoms with Crippen molar-refractivity contribution in [2.24, 2.45) is 0 Å².